The Balaban J connectivity index is 2.20. The van der Waals surface area contributed by atoms with Crippen LogP contribution in [0.2, 0.25) is 0 Å². The Hall–Kier alpha value is -2.22. The van der Waals surface area contributed by atoms with Crippen LogP contribution in [0.1, 0.15) is 55.6 Å². The average molecular weight is 320 g/mol. The molecule has 0 saturated heterocycles. The first-order valence-electron chi connectivity index (χ1n) is 8.72. The van der Waals surface area contributed by atoms with Gasteiger partial charge in [-0.1, -0.05) is 52.0 Å². The largest absolute Gasteiger partial charge is 0.285 e. The summed E-state index contributed by atoms with van der Waals surface area (Å²) in [6, 6.07) is 10.2. The number of rotatable bonds is 4. The van der Waals surface area contributed by atoms with Crippen LogP contribution in [-0.2, 0) is 11.2 Å². The lowest BCUT2D eigenvalue weighted by atomic mass is 9.83. The molecule has 0 aliphatic heterocycles. The van der Waals surface area contributed by atoms with Crippen molar-refractivity contribution in [1.82, 2.24) is 0 Å². The fourth-order valence-corrected chi connectivity index (χ4v) is 3.44. The van der Waals surface area contributed by atoms with Gasteiger partial charge >= 0.3 is 0 Å². The highest BCUT2D eigenvalue weighted by Crippen LogP contribution is 2.32. The van der Waals surface area contributed by atoms with E-state index in [1.807, 2.05) is 12.1 Å². The number of hydrogen-bond donors (Lipinski definition) is 0. The highest BCUT2D eigenvalue weighted by atomic mass is 16.2. The van der Waals surface area contributed by atoms with Crippen LogP contribution in [0.3, 0.4) is 0 Å². The summed E-state index contributed by atoms with van der Waals surface area (Å²) in [6.07, 6.45) is 3.60. The highest BCUT2D eigenvalue weighted by molar-refractivity contribution is 6.52. The van der Waals surface area contributed by atoms with Gasteiger partial charge in [0.2, 0.25) is 11.6 Å². The number of Topliss-reactive ketones (excluding diaryl/α,β-unsaturated/α-hetero) is 2. The van der Waals surface area contributed by atoms with E-state index in [4.69, 9.17) is 0 Å². The summed E-state index contributed by atoms with van der Waals surface area (Å²) < 4.78 is 0. The number of allylic oxidation sites excluding steroid dienone is 1. The zero-order valence-electron chi connectivity index (χ0n) is 14.8. The Kier molecular flexibility index (Phi) is 4.40. The molecule has 2 heteroatoms. The van der Waals surface area contributed by atoms with Gasteiger partial charge in [-0.05, 0) is 58.7 Å². The van der Waals surface area contributed by atoms with Crippen LogP contribution in [-0.4, -0.2) is 11.6 Å². The molecule has 1 aliphatic rings. The van der Waals surface area contributed by atoms with Gasteiger partial charge in [-0.15, -0.1) is 0 Å². The molecule has 0 heterocycles. The SMILES string of the molecule is CC(C)CC1=Cc2c(ccc3ccc(CC(C)C)cc23)C(=O)C1=O. The van der Waals surface area contributed by atoms with Gasteiger partial charge in [0.1, 0.15) is 0 Å². The molecule has 0 saturated carbocycles. The van der Waals surface area contributed by atoms with Crippen LogP contribution in [0.4, 0.5) is 0 Å². The second-order valence-electron chi connectivity index (χ2n) is 7.61. The Morgan fingerprint density at radius 3 is 2.17 bits per heavy atom. The van der Waals surface area contributed by atoms with Crippen LogP contribution < -0.4 is 0 Å². The maximum absolute atomic E-state index is 12.5. The second kappa shape index (κ2) is 6.35. The minimum Gasteiger partial charge on any atom is -0.285 e. The van der Waals surface area contributed by atoms with Gasteiger partial charge in [0, 0.05) is 11.1 Å². The lowest BCUT2D eigenvalue weighted by molar-refractivity contribution is -0.112. The van der Waals surface area contributed by atoms with Crippen molar-refractivity contribution in [3.05, 3.63) is 52.6 Å². The molecule has 2 nitrogen and oxygen atoms in total. The minimum atomic E-state index is -0.362. The maximum atomic E-state index is 12.5. The van der Waals surface area contributed by atoms with Gasteiger partial charge in [-0.2, -0.15) is 0 Å². The summed E-state index contributed by atoms with van der Waals surface area (Å²) in [5.41, 5.74) is 3.37. The molecule has 2 aromatic rings. The average Bonchev–Trinajstić information content (AvgIpc) is 2.51. The van der Waals surface area contributed by atoms with Gasteiger partial charge in [0.15, 0.2) is 0 Å². The lowest BCUT2D eigenvalue weighted by Gasteiger charge is -2.18. The van der Waals surface area contributed by atoms with Crippen LogP contribution in [0.15, 0.2) is 35.9 Å². The van der Waals surface area contributed by atoms with Crippen LogP contribution in [0, 0.1) is 11.8 Å². The smallest absolute Gasteiger partial charge is 0.233 e. The third-order valence-electron chi connectivity index (χ3n) is 4.46. The summed E-state index contributed by atoms with van der Waals surface area (Å²) in [6.45, 7) is 8.54. The van der Waals surface area contributed by atoms with Crippen LogP contribution in [0.25, 0.3) is 16.8 Å². The van der Waals surface area contributed by atoms with Crippen LogP contribution in [0.5, 0.6) is 0 Å². The van der Waals surface area contributed by atoms with Crippen molar-refractivity contribution in [2.24, 2.45) is 11.8 Å². The van der Waals surface area contributed by atoms with E-state index in [-0.39, 0.29) is 11.6 Å². The molecule has 24 heavy (non-hydrogen) atoms. The Bertz CT molecular complexity index is 854. The van der Waals surface area contributed by atoms with Crippen molar-refractivity contribution >= 4 is 28.4 Å². The summed E-state index contributed by atoms with van der Waals surface area (Å²) >= 11 is 0. The lowest BCUT2D eigenvalue weighted by Crippen LogP contribution is -2.22. The van der Waals surface area contributed by atoms with Crippen molar-refractivity contribution < 1.29 is 9.59 Å². The van der Waals surface area contributed by atoms with Crippen molar-refractivity contribution in [3.63, 3.8) is 0 Å². The number of ketones is 2. The summed E-state index contributed by atoms with van der Waals surface area (Å²) in [5, 5.41) is 2.19. The molecule has 0 aromatic heterocycles. The summed E-state index contributed by atoms with van der Waals surface area (Å²) in [7, 11) is 0. The van der Waals surface area contributed by atoms with E-state index in [9.17, 15) is 9.59 Å². The first-order chi connectivity index (χ1) is 11.4. The van der Waals surface area contributed by atoms with E-state index < -0.39 is 0 Å². The van der Waals surface area contributed by atoms with Gasteiger partial charge in [0.25, 0.3) is 0 Å². The van der Waals surface area contributed by atoms with Crippen molar-refractivity contribution in [1.29, 1.82) is 0 Å². The van der Waals surface area contributed by atoms with Crippen LogP contribution >= 0.6 is 0 Å². The molecule has 1 aliphatic carbocycles. The van der Waals surface area contributed by atoms with Crippen molar-refractivity contribution in [2.45, 2.75) is 40.5 Å². The summed E-state index contributed by atoms with van der Waals surface area (Å²) in [5.74, 6) is 0.228. The molecule has 0 unspecified atom stereocenters. The van der Waals surface area contributed by atoms with Crippen molar-refractivity contribution in [2.75, 3.05) is 0 Å². The van der Waals surface area contributed by atoms with E-state index in [0.717, 1.165) is 22.8 Å². The minimum absolute atomic E-state index is 0.339. The molecule has 0 atom stereocenters. The van der Waals surface area contributed by atoms with Crippen molar-refractivity contribution in [3.8, 4) is 0 Å². The molecule has 0 N–H and O–H groups in total. The molecule has 3 rings (SSSR count). The number of hydrogen-bond acceptors (Lipinski definition) is 2. The highest BCUT2D eigenvalue weighted by Gasteiger charge is 2.28. The molecule has 0 fully saturated rings. The van der Waals surface area contributed by atoms with Gasteiger partial charge in [0.05, 0.1) is 0 Å². The third kappa shape index (κ3) is 3.06. The van der Waals surface area contributed by atoms with E-state index in [2.05, 4.69) is 45.9 Å². The van der Waals surface area contributed by atoms with E-state index >= 15 is 0 Å². The molecule has 0 amide bonds. The number of carbonyl (C=O) groups excluding carboxylic acids is 2. The zero-order valence-corrected chi connectivity index (χ0v) is 14.8. The molecule has 124 valence electrons. The fourth-order valence-electron chi connectivity index (χ4n) is 3.44. The fraction of sp³-hybridized carbons (Fsp3) is 0.364. The molecule has 0 spiro atoms. The predicted molar refractivity (Wildman–Crippen MR) is 99.3 cm³/mol. The molecule has 0 bridgehead atoms. The quantitative estimate of drug-likeness (QED) is 0.723. The Labute approximate surface area is 143 Å². The molecule has 2 aromatic carbocycles. The molecular formula is C22H24O2. The van der Waals surface area contributed by atoms with Gasteiger partial charge in [-0.25, -0.2) is 0 Å². The monoisotopic (exact) mass is 320 g/mol. The Morgan fingerprint density at radius 1 is 0.833 bits per heavy atom. The number of benzene rings is 2. The van der Waals surface area contributed by atoms with Gasteiger partial charge in [-0.3, -0.25) is 9.59 Å². The molecular weight excluding hydrogens is 296 g/mol. The van der Waals surface area contributed by atoms with E-state index in [0.29, 0.717) is 29.4 Å². The topological polar surface area (TPSA) is 34.1 Å². The van der Waals surface area contributed by atoms with E-state index in [1.54, 1.807) is 6.07 Å². The Morgan fingerprint density at radius 2 is 1.50 bits per heavy atom. The normalized spacial score (nSPS) is 14.5. The van der Waals surface area contributed by atoms with Gasteiger partial charge < -0.3 is 0 Å². The second-order valence-corrected chi connectivity index (χ2v) is 7.61. The zero-order chi connectivity index (χ0) is 17.4. The van der Waals surface area contributed by atoms with E-state index in [1.165, 1.54) is 5.56 Å². The molecule has 0 radical (unpaired) electrons. The number of carbonyl (C=O) groups is 2. The predicted octanol–water partition coefficient (Wildman–Crippen LogP) is 5.23. The third-order valence-corrected chi connectivity index (χ3v) is 4.46. The standard InChI is InChI=1S/C22H24O2/c1-13(2)9-15-5-6-16-7-8-18-20(19(16)11-15)12-17(10-14(3)4)21(23)22(18)24/h5-8,11-14H,9-10H2,1-4H3. The summed E-state index contributed by atoms with van der Waals surface area (Å²) in [4.78, 5) is 24.9. The number of fused-ring (bicyclic) bond motifs is 3. The first-order valence-corrected chi connectivity index (χ1v) is 8.72. The first kappa shape index (κ1) is 16.6. The maximum Gasteiger partial charge on any atom is 0.233 e.